The van der Waals surface area contributed by atoms with Crippen LogP contribution in [0.2, 0.25) is 0 Å². The molecule has 2 heterocycles. The van der Waals surface area contributed by atoms with Gasteiger partial charge in [-0.2, -0.15) is 0 Å². The number of nitrogen functional groups attached to an aromatic ring is 1. The topological polar surface area (TPSA) is 116 Å². The summed E-state index contributed by atoms with van der Waals surface area (Å²) in [5.41, 5.74) is 9.51. The van der Waals surface area contributed by atoms with Crippen LogP contribution >= 0.6 is 0 Å². The summed E-state index contributed by atoms with van der Waals surface area (Å²) in [7, 11) is 3.25. The number of carbonyl (C=O) groups is 2. The number of amides is 1. The Morgan fingerprint density at radius 1 is 0.935 bits per heavy atom. The number of carbonyl (C=O) groups excluding carboxylic acids is 2. The predicted molar refractivity (Wildman–Crippen MR) is 180 cm³/mol. The quantitative estimate of drug-likeness (QED) is 0.193. The van der Waals surface area contributed by atoms with Crippen molar-refractivity contribution in [3.63, 3.8) is 0 Å². The van der Waals surface area contributed by atoms with Crippen LogP contribution in [0.1, 0.15) is 71.1 Å². The molecule has 1 aliphatic rings. The first-order chi connectivity index (χ1) is 22.1. The van der Waals surface area contributed by atoms with E-state index < -0.39 is 5.91 Å². The number of ketones is 1. The lowest BCUT2D eigenvalue weighted by Crippen LogP contribution is -2.38. The maximum atomic E-state index is 14.2. The molecular formula is C37H42N4O5. The molecule has 9 nitrogen and oxygen atoms in total. The van der Waals surface area contributed by atoms with E-state index in [1.807, 2.05) is 30.3 Å². The largest absolute Gasteiger partial charge is 0.497 e. The Kier molecular flexibility index (Phi) is 9.92. The number of pyridine rings is 1. The second kappa shape index (κ2) is 14.0. The number of hydrogen-bond donors (Lipinski definition) is 2. The van der Waals surface area contributed by atoms with E-state index in [1.54, 1.807) is 50.6 Å². The summed E-state index contributed by atoms with van der Waals surface area (Å²) in [6.07, 6.45) is 3.01. The van der Waals surface area contributed by atoms with E-state index in [0.29, 0.717) is 22.6 Å². The van der Waals surface area contributed by atoms with Gasteiger partial charge in [-0.05, 0) is 72.4 Å². The van der Waals surface area contributed by atoms with Crippen LogP contribution in [-0.2, 0) is 12.0 Å². The van der Waals surface area contributed by atoms with Gasteiger partial charge in [0.2, 0.25) is 5.78 Å². The van der Waals surface area contributed by atoms with Gasteiger partial charge in [-0.1, -0.05) is 45.0 Å². The molecule has 1 aliphatic heterocycles. The van der Waals surface area contributed by atoms with E-state index in [-0.39, 0.29) is 34.4 Å². The zero-order valence-corrected chi connectivity index (χ0v) is 27.1. The number of para-hydroxylation sites is 1. The number of anilines is 2. The summed E-state index contributed by atoms with van der Waals surface area (Å²) in [6, 6.07) is 22.0. The number of nitrogens with zero attached hydrogens (tertiary/aromatic N) is 2. The number of likely N-dealkylation sites (tertiary alicyclic amines) is 1. The number of nitrogens with one attached hydrogen (secondary N) is 1. The molecule has 1 amide bonds. The van der Waals surface area contributed by atoms with E-state index in [0.717, 1.165) is 49.4 Å². The molecule has 4 aromatic rings. The van der Waals surface area contributed by atoms with Crippen LogP contribution in [0.25, 0.3) is 0 Å². The minimum Gasteiger partial charge on any atom is -0.497 e. The van der Waals surface area contributed by atoms with Gasteiger partial charge in [0.15, 0.2) is 0 Å². The molecule has 240 valence electrons. The van der Waals surface area contributed by atoms with E-state index in [4.69, 9.17) is 19.9 Å². The summed E-state index contributed by atoms with van der Waals surface area (Å²) < 4.78 is 17.4. The second-order valence-corrected chi connectivity index (χ2v) is 12.5. The lowest BCUT2D eigenvalue weighted by molar-refractivity contribution is 0.0923. The lowest BCUT2D eigenvalue weighted by atomic mass is 9.86. The average Bonchev–Trinajstić information content (AvgIpc) is 3.06. The van der Waals surface area contributed by atoms with E-state index in [1.165, 1.54) is 6.20 Å². The number of ether oxygens (including phenoxy) is 3. The highest BCUT2D eigenvalue weighted by atomic mass is 16.5. The molecule has 0 saturated carbocycles. The third-order valence-corrected chi connectivity index (χ3v) is 8.30. The van der Waals surface area contributed by atoms with Crippen molar-refractivity contribution in [1.82, 2.24) is 9.88 Å². The Labute approximate surface area is 270 Å². The van der Waals surface area contributed by atoms with Crippen molar-refractivity contribution in [2.75, 3.05) is 38.4 Å². The highest BCUT2D eigenvalue weighted by Crippen LogP contribution is 2.34. The van der Waals surface area contributed by atoms with Gasteiger partial charge >= 0.3 is 0 Å². The lowest BCUT2D eigenvalue weighted by Gasteiger charge is -2.33. The van der Waals surface area contributed by atoms with Crippen LogP contribution in [0.3, 0.4) is 0 Å². The van der Waals surface area contributed by atoms with E-state index in [2.05, 4.69) is 42.0 Å². The van der Waals surface area contributed by atoms with Gasteiger partial charge in [0.05, 0.1) is 31.2 Å². The molecule has 0 radical (unpaired) electrons. The average molecular weight is 623 g/mol. The van der Waals surface area contributed by atoms with Crippen LogP contribution < -0.4 is 25.3 Å². The number of aromatic nitrogens is 1. The molecule has 0 atom stereocenters. The summed E-state index contributed by atoms with van der Waals surface area (Å²) >= 11 is 0. The highest BCUT2D eigenvalue weighted by Gasteiger charge is 2.28. The van der Waals surface area contributed by atoms with Crippen molar-refractivity contribution in [2.45, 2.75) is 51.7 Å². The second-order valence-electron chi connectivity index (χ2n) is 12.5. The van der Waals surface area contributed by atoms with E-state index in [9.17, 15) is 9.59 Å². The fourth-order valence-electron chi connectivity index (χ4n) is 5.55. The molecule has 5 rings (SSSR count). The minimum absolute atomic E-state index is 0.0434. The maximum absolute atomic E-state index is 14.2. The Morgan fingerprint density at radius 2 is 1.65 bits per heavy atom. The van der Waals surface area contributed by atoms with Crippen molar-refractivity contribution in [3.8, 4) is 17.2 Å². The summed E-state index contributed by atoms with van der Waals surface area (Å²) in [5, 5.41) is 2.81. The van der Waals surface area contributed by atoms with Crippen LogP contribution in [0.5, 0.6) is 17.2 Å². The molecule has 0 unspecified atom stereocenters. The van der Waals surface area contributed by atoms with Crippen molar-refractivity contribution >= 4 is 23.1 Å². The zero-order chi connectivity index (χ0) is 32.8. The molecule has 0 spiro atoms. The first-order valence-corrected chi connectivity index (χ1v) is 15.5. The Bertz CT molecular complexity index is 1690. The number of piperidine rings is 1. The molecule has 9 heteroatoms. The maximum Gasteiger partial charge on any atom is 0.255 e. The SMILES string of the molecule is COc1ccc(C(=O)Nc2c(N)ccnc2C(=O)c2ccc(C(C)(C)C)cc2OC2CCN(Cc3ccccc3OC)CC2)cc1. The number of rotatable bonds is 10. The van der Waals surface area contributed by atoms with Crippen LogP contribution in [0.15, 0.2) is 79.0 Å². The van der Waals surface area contributed by atoms with Gasteiger partial charge in [0.25, 0.3) is 5.91 Å². The van der Waals surface area contributed by atoms with Gasteiger partial charge in [-0.3, -0.25) is 19.5 Å². The Hall–Kier alpha value is -4.89. The number of benzene rings is 3. The van der Waals surface area contributed by atoms with Crippen molar-refractivity contribution in [2.24, 2.45) is 0 Å². The molecule has 1 aromatic heterocycles. The Balaban J connectivity index is 1.38. The Morgan fingerprint density at radius 3 is 2.33 bits per heavy atom. The smallest absolute Gasteiger partial charge is 0.255 e. The molecule has 3 N–H and O–H groups in total. The van der Waals surface area contributed by atoms with Gasteiger partial charge in [-0.25, -0.2) is 0 Å². The first-order valence-electron chi connectivity index (χ1n) is 15.5. The monoisotopic (exact) mass is 622 g/mol. The molecule has 0 bridgehead atoms. The van der Waals surface area contributed by atoms with Gasteiger partial charge in [-0.15, -0.1) is 0 Å². The van der Waals surface area contributed by atoms with Crippen LogP contribution in [0, 0.1) is 0 Å². The van der Waals surface area contributed by atoms with Crippen molar-refractivity contribution < 1.29 is 23.8 Å². The van der Waals surface area contributed by atoms with Crippen molar-refractivity contribution in [3.05, 3.63) is 107 Å². The summed E-state index contributed by atoms with van der Waals surface area (Å²) in [4.78, 5) is 34.1. The normalized spacial score (nSPS) is 14.0. The standard InChI is InChI=1S/C37H42N4O5/c1-37(2,3)26-12-15-29(32(22-26)46-28-17-20-41(21-18-28)23-25-8-6-7-9-31(25)45-5)35(42)34-33(30(38)16-19-39-34)40-36(43)24-10-13-27(44-4)14-11-24/h6-16,19,22,28H,17-18,20-21,23H2,1-5H3,(H2,38,39)(H,40,43). The highest BCUT2D eigenvalue weighted by molar-refractivity contribution is 6.17. The molecule has 46 heavy (non-hydrogen) atoms. The molecule has 3 aromatic carbocycles. The summed E-state index contributed by atoms with van der Waals surface area (Å²) in [5.74, 6) is 1.20. The van der Waals surface area contributed by atoms with Gasteiger partial charge in [0.1, 0.15) is 29.0 Å². The summed E-state index contributed by atoms with van der Waals surface area (Å²) in [6.45, 7) is 8.86. The number of nitrogens with two attached hydrogens (primary N) is 1. The first kappa shape index (κ1) is 32.5. The van der Waals surface area contributed by atoms with E-state index >= 15 is 0 Å². The fourth-order valence-corrected chi connectivity index (χ4v) is 5.55. The molecule has 0 aliphatic carbocycles. The third kappa shape index (κ3) is 7.49. The molecule has 1 saturated heterocycles. The van der Waals surface area contributed by atoms with Crippen LogP contribution in [-0.4, -0.2) is 55.0 Å². The van der Waals surface area contributed by atoms with Gasteiger partial charge < -0.3 is 25.3 Å². The fraction of sp³-hybridized carbons (Fsp3) is 0.324. The third-order valence-electron chi connectivity index (χ3n) is 8.30. The molecular weight excluding hydrogens is 580 g/mol. The van der Waals surface area contributed by atoms with Gasteiger partial charge in [0, 0.05) is 37.0 Å². The van der Waals surface area contributed by atoms with Crippen molar-refractivity contribution in [1.29, 1.82) is 0 Å². The number of methoxy groups -OCH3 is 2. The molecule has 1 fully saturated rings. The predicted octanol–water partition coefficient (Wildman–Crippen LogP) is 6.51. The van der Waals surface area contributed by atoms with Crippen LogP contribution in [0.4, 0.5) is 11.4 Å². The minimum atomic E-state index is -0.421. The zero-order valence-electron chi connectivity index (χ0n) is 27.1. The number of hydrogen-bond acceptors (Lipinski definition) is 8.